The lowest BCUT2D eigenvalue weighted by molar-refractivity contribution is 0.249. The third-order valence-corrected chi connectivity index (χ3v) is 4.69. The molecule has 1 aliphatic rings. The number of rotatable bonds is 4. The third kappa shape index (κ3) is 3.25. The molecule has 3 aromatic rings. The van der Waals surface area contributed by atoms with Gasteiger partial charge in [0, 0.05) is 38.3 Å². The van der Waals surface area contributed by atoms with Crippen molar-refractivity contribution in [1.82, 2.24) is 15.1 Å². The lowest BCUT2D eigenvalue weighted by Crippen LogP contribution is -2.46. The zero-order chi connectivity index (χ0) is 17.2. The van der Waals surface area contributed by atoms with E-state index in [-0.39, 0.29) is 0 Å². The fourth-order valence-corrected chi connectivity index (χ4v) is 3.33. The summed E-state index contributed by atoms with van der Waals surface area (Å²) >= 11 is 0. The molecule has 2 N–H and O–H groups in total. The zero-order valence-corrected chi connectivity index (χ0v) is 14.3. The second-order valence-electron chi connectivity index (χ2n) is 6.43. The highest BCUT2D eigenvalue weighted by Crippen LogP contribution is 2.28. The van der Waals surface area contributed by atoms with Crippen LogP contribution in [0.2, 0.25) is 0 Å². The van der Waals surface area contributed by atoms with Crippen LogP contribution in [-0.2, 0) is 6.54 Å². The van der Waals surface area contributed by atoms with Gasteiger partial charge < -0.3 is 14.4 Å². The van der Waals surface area contributed by atoms with Gasteiger partial charge in [0.1, 0.15) is 17.2 Å². The van der Waals surface area contributed by atoms with Crippen LogP contribution in [0.5, 0.6) is 5.75 Å². The van der Waals surface area contributed by atoms with E-state index in [9.17, 15) is 5.11 Å². The number of phenolic OH excluding ortho intramolecular Hbond substituents is 1. The van der Waals surface area contributed by atoms with E-state index in [4.69, 9.17) is 4.42 Å². The molecule has 1 fully saturated rings. The Bertz CT molecular complexity index is 846. The maximum atomic E-state index is 10.0. The predicted octanol–water partition coefficient (Wildman–Crippen LogP) is 3.01. The molecular formula is C19H22N4O2. The number of para-hydroxylation sites is 2. The Morgan fingerprint density at radius 2 is 1.92 bits per heavy atom. The first-order chi connectivity index (χ1) is 12.2. The number of hydrogen-bond acceptors (Lipinski definition) is 5. The number of hydrogen-bond donors (Lipinski definition) is 2. The van der Waals surface area contributed by atoms with Gasteiger partial charge in [0.05, 0.1) is 11.9 Å². The van der Waals surface area contributed by atoms with Gasteiger partial charge in [-0.1, -0.05) is 12.1 Å². The van der Waals surface area contributed by atoms with E-state index in [0.717, 1.165) is 61.2 Å². The highest BCUT2D eigenvalue weighted by Gasteiger charge is 2.21. The van der Waals surface area contributed by atoms with Gasteiger partial charge in [-0.3, -0.25) is 10.00 Å². The molecule has 0 saturated carbocycles. The summed E-state index contributed by atoms with van der Waals surface area (Å²) in [6.07, 6.45) is 1.88. The second-order valence-corrected chi connectivity index (χ2v) is 6.43. The molecule has 2 aromatic heterocycles. The maximum Gasteiger partial charge on any atom is 0.152 e. The van der Waals surface area contributed by atoms with E-state index in [2.05, 4.69) is 20.0 Å². The number of benzene rings is 1. The molecule has 4 rings (SSSR count). The molecule has 0 radical (unpaired) electrons. The lowest BCUT2D eigenvalue weighted by atomic mass is 10.1. The van der Waals surface area contributed by atoms with Crippen molar-refractivity contribution in [2.24, 2.45) is 0 Å². The fraction of sp³-hybridized carbons (Fsp3) is 0.316. The van der Waals surface area contributed by atoms with Crippen LogP contribution in [0.15, 0.2) is 47.0 Å². The van der Waals surface area contributed by atoms with Gasteiger partial charge in [0.15, 0.2) is 5.76 Å². The largest absolute Gasteiger partial charge is 0.506 e. The average molecular weight is 338 g/mol. The van der Waals surface area contributed by atoms with Crippen molar-refractivity contribution in [3.05, 3.63) is 53.9 Å². The molecule has 1 aromatic carbocycles. The normalized spacial score (nSPS) is 15.6. The number of furan rings is 1. The number of aromatic amines is 1. The standard InChI is InChI=1S/C19H22N4O2/c1-14-6-7-18(25-14)19-15(12-20-21-19)13-22-8-10-23(11-9-22)16-4-2-3-5-17(16)24/h2-7,12,24H,8-11,13H2,1H3,(H,20,21). The van der Waals surface area contributed by atoms with Crippen LogP contribution in [0.3, 0.4) is 0 Å². The van der Waals surface area contributed by atoms with Crippen molar-refractivity contribution in [2.45, 2.75) is 13.5 Å². The van der Waals surface area contributed by atoms with Crippen LogP contribution in [0.1, 0.15) is 11.3 Å². The minimum atomic E-state index is 0.348. The first-order valence-electron chi connectivity index (χ1n) is 8.55. The van der Waals surface area contributed by atoms with Gasteiger partial charge >= 0.3 is 0 Å². The molecule has 1 saturated heterocycles. The number of aromatic hydroxyl groups is 1. The van der Waals surface area contributed by atoms with E-state index in [1.807, 2.05) is 43.5 Å². The van der Waals surface area contributed by atoms with Crippen LogP contribution >= 0.6 is 0 Å². The summed E-state index contributed by atoms with van der Waals surface area (Å²) in [6.45, 7) is 6.44. The van der Waals surface area contributed by atoms with Crippen LogP contribution in [-0.4, -0.2) is 46.4 Å². The van der Waals surface area contributed by atoms with E-state index >= 15 is 0 Å². The number of nitrogens with zero attached hydrogens (tertiary/aromatic N) is 3. The van der Waals surface area contributed by atoms with Crippen LogP contribution in [0, 0.1) is 6.92 Å². The fourth-order valence-electron chi connectivity index (χ4n) is 3.33. The summed E-state index contributed by atoms with van der Waals surface area (Å²) in [4.78, 5) is 4.64. The number of phenols is 1. The van der Waals surface area contributed by atoms with Gasteiger partial charge in [0.2, 0.25) is 0 Å². The molecule has 0 aliphatic carbocycles. The van der Waals surface area contributed by atoms with Crippen molar-refractivity contribution in [1.29, 1.82) is 0 Å². The third-order valence-electron chi connectivity index (χ3n) is 4.69. The molecule has 6 heteroatoms. The Balaban J connectivity index is 1.41. The number of aryl methyl sites for hydroxylation is 1. The molecule has 0 spiro atoms. The average Bonchev–Trinajstić information content (AvgIpc) is 3.25. The van der Waals surface area contributed by atoms with Crippen molar-refractivity contribution in [2.75, 3.05) is 31.1 Å². The number of anilines is 1. The zero-order valence-electron chi connectivity index (χ0n) is 14.3. The molecule has 0 atom stereocenters. The molecular weight excluding hydrogens is 316 g/mol. The lowest BCUT2D eigenvalue weighted by Gasteiger charge is -2.36. The minimum absolute atomic E-state index is 0.348. The Labute approximate surface area is 146 Å². The van der Waals surface area contributed by atoms with Gasteiger partial charge in [-0.25, -0.2) is 0 Å². The molecule has 3 heterocycles. The van der Waals surface area contributed by atoms with Crippen molar-refractivity contribution < 1.29 is 9.52 Å². The Morgan fingerprint density at radius 1 is 1.12 bits per heavy atom. The predicted molar refractivity (Wildman–Crippen MR) is 96.6 cm³/mol. The van der Waals surface area contributed by atoms with E-state index < -0.39 is 0 Å². The minimum Gasteiger partial charge on any atom is -0.506 e. The highest BCUT2D eigenvalue weighted by atomic mass is 16.3. The summed E-state index contributed by atoms with van der Waals surface area (Å²) in [5, 5.41) is 17.3. The molecule has 0 unspecified atom stereocenters. The Hall–Kier alpha value is -2.73. The molecule has 0 amide bonds. The summed E-state index contributed by atoms with van der Waals surface area (Å²) in [5.74, 6) is 2.07. The topological polar surface area (TPSA) is 68.5 Å². The summed E-state index contributed by atoms with van der Waals surface area (Å²) in [7, 11) is 0. The molecule has 0 bridgehead atoms. The first kappa shape index (κ1) is 15.8. The number of H-pyrrole nitrogens is 1. The molecule has 25 heavy (non-hydrogen) atoms. The monoisotopic (exact) mass is 338 g/mol. The quantitative estimate of drug-likeness (QED) is 0.765. The van der Waals surface area contributed by atoms with Crippen molar-refractivity contribution in [3.63, 3.8) is 0 Å². The maximum absolute atomic E-state index is 10.0. The van der Waals surface area contributed by atoms with Crippen LogP contribution in [0.25, 0.3) is 11.5 Å². The smallest absolute Gasteiger partial charge is 0.152 e. The van der Waals surface area contributed by atoms with Gasteiger partial charge in [-0.2, -0.15) is 5.10 Å². The van der Waals surface area contributed by atoms with E-state index in [1.54, 1.807) is 6.07 Å². The number of aromatic nitrogens is 2. The summed E-state index contributed by atoms with van der Waals surface area (Å²) in [6, 6.07) is 11.5. The van der Waals surface area contributed by atoms with Crippen molar-refractivity contribution >= 4 is 5.69 Å². The van der Waals surface area contributed by atoms with Gasteiger partial charge in [0.25, 0.3) is 0 Å². The summed E-state index contributed by atoms with van der Waals surface area (Å²) < 4.78 is 5.72. The van der Waals surface area contributed by atoms with Crippen molar-refractivity contribution in [3.8, 4) is 17.2 Å². The highest BCUT2D eigenvalue weighted by molar-refractivity contribution is 5.58. The Morgan fingerprint density at radius 3 is 2.64 bits per heavy atom. The van der Waals surface area contributed by atoms with E-state index in [0.29, 0.717) is 5.75 Å². The number of piperazine rings is 1. The van der Waals surface area contributed by atoms with Gasteiger partial charge in [-0.05, 0) is 31.2 Å². The molecule has 6 nitrogen and oxygen atoms in total. The molecule has 1 aliphatic heterocycles. The first-order valence-corrected chi connectivity index (χ1v) is 8.55. The number of nitrogens with one attached hydrogen (secondary N) is 1. The summed E-state index contributed by atoms with van der Waals surface area (Å²) in [5.41, 5.74) is 3.01. The Kier molecular flexibility index (Phi) is 4.19. The second kappa shape index (κ2) is 6.64. The SMILES string of the molecule is Cc1ccc(-c2[nH]ncc2CN2CCN(c3ccccc3O)CC2)o1. The van der Waals surface area contributed by atoms with E-state index in [1.165, 1.54) is 0 Å². The van der Waals surface area contributed by atoms with Crippen LogP contribution in [0.4, 0.5) is 5.69 Å². The van der Waals surface area contributed by atoms with Gasteiger partial charge in [-0.15, -0.1) is 0 Å². The molecule has 130 valence electrons. The van der Waals surface area contributed by atoms with Crippen LogP contribution < -0.4 is 4.90 Å².